The predicted molar refractivity (Wildman–Crippen MR) is 77.8 cm³/mol. The van der Waals surface area contributed by atoms with Crippen molar-refractivity contribution >= 4 is 0 Å². The lowest BCUT2D eigenvalue weighted by Crippen LogP contribution is -2.33. The van der Waals surface area contributed by atoms with Gasteiger partial charge in [0.1, 0.15) is 5.75 Å². The third kappa shape index (κ3) is 4.69. The summed E-state index contributed by atoms with van der Waals surface area (Å²) in [5, 5.41) is 9.59. The van der Waals surface area contributed by atoms with Crippen molar-refractivity contribution in [3.05, 3.63) is 29.8 Å². The van der Waals surface area contributed by atoms with Crippen LogP contribution in [0.15, 0.2) is 24.3 Å². The number of aromatic hydroxyl groups is 1. The Balaban J connectivity index is 2.83. The number of hydrogen-bond acceptors (Lipinski definition) is 2. The van der Waals surface area contributed by atoms with E-state index in [-0.39, 0.29) is 0 Å². The van der Waals surface area contributed by atoms with E-state index in [0.717, 1.165) is 13.1 Å². The summed E-state index contributed by atoms with van der Waals surface area (Å²) in [6, 6.07) is 7.97. The molecule has 0 saturated heterocycles. The summed E-state index contributed by atoms with van der Waals surface area (Å²) in [6.45, 7) is 13.4. The highest BCUT2D eigenvalue weighted by Gasteiger charge is 2.18. The molecule has 1 rings (SSSR count). The van der Waals surface area contributed by atoms with E-state index >= 15 is 0 Å². The van der Waals surface area contributed by atoms with Crippen molar-refractivity contribution < 1.29 is 5.11 Å². The largest absolute Gasteiger partial charge is 0.508 e. The first-order valence-corrected chi connectivity index (χ1v) is 6.93. The third-order valence-electron chi connectivity index (χ3n) is 3.10. The van der Waals surface area contributed by atoms with Crippen molar-refractivity contribution in [2.75, 3.05) is 13.1 Å². The van der Waals surface area contributed by atoms with Gasteiger partial charge in [-0.25, -0.2) is 0 Å². The Morgan fingerprint density at radius 3 is 2.00 bits per heavy atom. The molecule has 1 atom stereocenters. The molecule has 2 heteroatoms. The Bertz CT molecular complexity index is 350. The number of phenols is 1. The van der Waals surface area contributed by atoms with Crippen LogP contribution in [0.3, 0.4) is 0 Å². The van der Waals surface area contributed by atoms with Gasteiger partial charge in [0.15, 0.2) is 0 Å². The molecule has 0 aromatic heterocycles. The zero-order valence-electron chi connectivity index (χ0n) is 12.4. The van der Waals surface area contributed by atoms with E-state index in [4.69, 9.17) is 0 Å². The molecular weight excluding hydrogens is 222 g/mol. The van der Waals surface area contributed by atoms with Crippen LogP contribution in [-0.4, -0.2) is 23.1 Å². The smallest absolute Gasteiger partial charge is 0.115 e. The highest BCUT2D eigenvalue weighted by molar-refractivity contribution is 5.29. The van der Waals surface area contributed by atoms with E-state index in [1.807, 2.05) is 12.1 Å². The molecule has 1 aromatic rings. The molecule has 1 aromatic carbocycles. The van der Waals surface area contributed by atoms with Gasteiger partial charge in [0, 0.05) is 19.1 Å². The Hall–Kier alpha value is -1.02. The van der Waals surface area contributed by atoms with Gasteiger partial charge in [-0.2, -0.15) is 0 Å². The van der Waals surface area contributed by atoms with Gasteiger partial charge in [-0.05, 0) is 36.5 Å². The normalized spacial score (nSPS) is 13.6. The fourth-order valence-electron chi connectivity index (χ4n) is 2.32. The molecule has 0 heterocycles. The van der Waals surface area contributed by atoms with Crippen LogP contribution >= 0.6 is 0 Å². The Morgan fingerprint density at radius 2 is 1.56 bits per heavy atom. The molecule has 0 fully saturated rings. The maximum atomic E-state index is 9.59. The van der Waals surface area contributed by atoms with E-state index in [9.17, 15) is 5.11 Å². The summed E-state index contributed by atoms with van der Waals surface area (Å²) >= 11 is 0. The number of phenolic OH excluding ortho intramolecular Hbond substituents is 1. The fourth-order valence-corrected chi connectivity index (χ4v) is 2.32. The van der Waals surface area contributed by atoms with Crippen LogP contribution in [0.5, 0.6) is 5.75 Å². The molecule has 0 spiro atoms. The summed E-state index contributed by atoms with van der Waals surface area (Å²) in [6.07, 6.45) is 0. The molecule has 1 unspecified atom stereocenters. The average molecular weight is 249 g/mol. The molecule has 0 aliphatic heterocycles. The minimum Gasteiger partial charge on any atom is -0.508 e. The van der Waals surface area contributed by atoms with Crippen molar-refractivity contribution in [1.29, 1.82) is 0 Å². The van der Waals surface area contributed by atoms with Crippen molar-refractivity contribution in [1.82, 2.24) is 4.90 Å². The summed E-state index contributed by atoms with van der Waals surface area (Å²) in [7, 11) is 0. The summed E-state index contributed by atoms with van der Waals surface area (Å²) in [4.78, 5) is 2.50. The summed E-state index contributed by atoms with van der Waals surface area (Å²) in [5.74, 6) is 1.67. The van der Waals surface area contributed by atoms with Crippen LogP contribution < -0.4 is 0 Å². The molecule has 0 amide bonds. The molecule has 0 radical (unpaired) electrons. The lowest BCUT2D eigenvalue weighted by atomic mass is 10.0. The molecule has 102 valence electrons. The van der Waals surface area contributed by atoms with Crippen molar-refractivity contribution in [2.24, 2.45) is 11.8 Å². The zero-order chi connectivity index (χ0) is 13.7. The monoisotopic (exact) mass is 249 g/mol. The quantitative estimate of drug-likeness (QED) is 0.821. The van der Waals surface area contributed by atoms with Crippen LogP contribution in [0.2, 0.25) is 0 Å². The predicted octanol–water partition coefficient (Wildman–Crippen LogP) is 4.07. The molecule has 0 aliphatic rings. The van der Waals surface area contributed by atoms with Gasteiger partial charge in [-0.15, -0.1) is 0 Å². The second-order valence-corrected chi connectivity index (χ2v) is 6.01. The van der Waals surface area contributed by atoms with Crippen molar-refractivity contribution in [2.45, 2.75) is 40.7 Å². The SMILES string of the molecule is CC(C)CN(CC(C)C)C(C)c1cccc(O)c1. The van der Waals surface area contributed by atoms with Crippen LogP contribution in [0.4, 0.5) is 0 Å². The summed E-state index contributed by atoms with van der Waals surface area (Å²) in [5.41, 5.74) is 1.19. The number of benzene rings is 1. The highest BCUT2D eigenvalue weighted by Crippen LogP contribution is 2.25. The molecule has 18 heavy (non-hydrogen) atoms. The van der Waals surface area contributed by atoms with E-state index in [0.29, 0.717) is 23.6 Å². The third-order valence-corrected chi connectivity index (χ3v) is 3.10. The number of hydrogen-bond donors (Lipinski definition) is 1. The van der Waals surface area contributed by atoms with Gasteiger partial charge in [0.2, 0.25) is 0 Å². The van der Waals surface area contributed by atoms with Crippen LogP contribution in [0.1, 0.15) is 46.2 Å². The van der Waals surface area contributed by atoms with Crippen LogP contribution in [0, 0.1) is 11.8 Å². The zero-order valence-corrected chi connectivity index (χ0v) is 12.4. The Kier molecular flexibility index (Phi) is 5.67. The first-order chi connectivity index (χ1) is 8.40. The van der Waals surface area contributed by atoms with Crippen LogP contribution in [-0.2, 0) is 0 Å². The first kappa shape index (κ1) is 15.0. The molecule has 1 N–H and O–H groups in total. The Labute approximate surface area is 112 Å². The topological polar surface area (TPSA) is 23.5 Å². The molecule has 0 bridgehead atoms. The van der Waals surface area contributed by atoms with E-state index in [2.05, 4.69) is 45.6 Å². The van der Waals surface area contributed by atoms with Gasteiger partial charge in [-0.1, -0.05) is 39.8 Å². The number of nitrogens with zero attached hydrogens (tertiary/aromatic N) is 1. The summed E-state index contributed by atoms with van der Waals surface area (Å²) < 4.78 is 0. The minimum absolute atomic E-state index is 0.349. The molecular formula is C16H27NO. The second kappa shape index (κ2) is 6.79. The van der Waals surface area contributed by atoms with Gasteiger partial charge >= 0.3 is 0 Å². The van der Waals surface area contributed by atoms with Crippen LogP contribution in [0.25, 0.3) is 0 Å². The molecule has 0 saturated carbocycles. The Morgan fingerprint density at radius 1 is 1.00 bits per heavy atom. The minimum atomic E-state index is 0.349. The van der Waals surface area contributed by atoms with Gasteiger partial charge in [-0.3, -0.25) is 4.90 Å². The van der Waals surface area contributed by atoms with Gasteiger partial charge < -0.3 is 5.11 Å². The molecule has 2 nitrogen and oxygen atoms in total. The van der Waals surface area contributed by atoms with Crippen molar-refractivity contribution in [3.63, 3.8) is 0 Å². The first-order valence-electron chi connectivity index (χ1n) is 6.93. The van der Waals surface area contributed by atoms with E-state index in [1.54, 1.807) is 6.07 Å². The lowest BCUT2D eigenvalue weighted by Gasteiger charge is -2.32. The van der Waals surface area contributed by atoms with E-state index in [1.165, 1.54) is 5.56 Å². The van der Waals surface area contributed by atoms with Gasteiger partial charge in [0.05, 0.1) is 0 Å². The highest BCUT2D eigenvalue weighted by atomic mass is 16.3. The van der Waals surface area contributed by atoms with Crippen molar-refractivity contribution in [3.8, 4) is 5.75 Å². The fraction of sp³-hybridized carbons (Fsp3) is 0.625. The molecule has 0 aliphatic carbocycles. The lowest BCUT2D eigenvalue weighted by molar-refractivity contribution is 0.167. The van der Waals surface area contributed by atoms with Gasteiger partial charge in [0.25, 0.3) is 0 Å². The maximum Gasteiger partial charge on any atom is 0.115 e. The van der Waals surface area contributed by atoms with E-state index < -0.39 is 0 Å². The number of rotatable bonds is 6. The average Bonchev–Trinajstić information content (AvgIpc) is 2.26. The standard InChI is InChI=1S/C16H27NO/c1-12(2)10-17(11-13(3)4)14(5)15-7-6-8-16(18)9-15/h6-9,12-14,18H,10-11H2,1-5H3. The maximum absolute atomic E-state index is 9.59. The second-order valence-electron chi connectivity index (χ2n) is 6.01.